The summed E-state index contributed by atoms with van der Waals surface area (Å²) in [7, 11) is -4.03. The number of rotatable bonds is 6. The van der Waals surface area contributed by atoms with E-state index >= 15 is 0 Å². The topological polar surface area (TPSA) is 60.9 Å². The smallest absolute Gasteiger partial charge is 0.264 e. The molecule has 0 bridgehead atoms. The Labute approximate surface area is 204 Å². The number of carbonyl (C=O) groups excluding carboxylic acids is 1. The number of anilines is 2. The SMILES string of the molecule is Cc1ccc(S(=O)(=O)N(CC(=O)N2CCN(c3ccc(F)cc3)CC2)c2ccccc2Cl)cc1. The largest absolute Gasteiger partial charge is 0.368 e. The van der Waals surface area contributed by atoms with Gasteiger partial charge in [-0.15, -0.1) is 0 Å². The molecule has 34 heavy (non-hydrogen) atoms. The molecule has 0 N–H and O–H groups in total. The maximum absolute atomic E-state index is 13.5. The zero-order valence-electron chi connectivity index (χ0n) is 18.7. The third-order valence-corrected chi connectivity index (χ3v) is 7.93. The van der Waals surface area contributed by atoms with E-state index in [1.165, 1.54) is 24.3 Å². The first-order valence-corrected chi connectivity index (χ1v) is 12.7. The second-order valence-corrected chi connectivity index (χ2v) is 10.4. The van der Waals surface area contributed by atoms with Crippen LogP contribution in [0.1, 0.15) is 5.56 Å². The van der Waals surface area contributed by atoms with Crippen molar-refractivity contribution >= 4 is 38.9 Å². The van der Waals surface area contributed by atoms with Gasteiger partial charge in [0.05, 0.1) is 15.6 Å². The van der Waals surface area contributed by atoms with Crippen LogP contribution in [-0.4, -0.2) is 51.9 Å². The molecule has 4 rings (SSSR count). The number of sulfonamides is 1. The van der Waals surface area contributed by atoms with E-state index in [-0.39, 0.29) is 33.9 Å². The van der Waals surface area contributed by atoms with Crippen molar-refractivity contribution < 1.29 is 17.6 Å². The normalized spacial score (nSPS) is 14.2. The van der Waals surface area contributed by atoms with E-state index < -0.39 is 10.0 Å². The minimum Gasteiger partial charge on any atom is -0.368 e. The van der Waals surface area contributed by atoms with Crippen LogP contribution in [0.2, 0.25) is 5.02 Å². The Bertz CT molecular complexity index is 1260. The van der Waals surface area contributed by atoms with Crippen LogP contribution in [0.4, 0.5) is 15.8 Å². The lowest BCUT2D eigenvalue weighted by Gasteiger charge is -2.37. The van der Waals surface area contributed by atoms with Crippen LogP contribution in [0.15, 0.2) is 77.7 Å². The van der Waals surface area contributed by atoms with Crippen molar-refractivity contribution in [3.8, 4) is 0 Å². The predicted octanol–water partition coefficient (Wildman–Crippen LogP) is 4.33. The third kappa shape index (κ3) is 5.18. The van der Waals surface area contributed by atoms with Crippen molar-refractivity contribution in [3.63, 3.8) is 0 Å². The number of hydrogen-bond donors (Lipinski definition) is 0. The fraction of sp³-hybridized carbons (Fsp3) is 0.240. The van der Waals surface area contributed by atoms with Gasteiger partial charge in [-0.25, -0.2) is 12.8 Å². The summed E-state index contributed by atoms with van der Waals surface area (Å²) in [5, 5.41) is 0.243. The van der Waals surface area contributed by atoms with E-state index in [2.05, 4.69) is 4.90 Å². The number of para-hydroxylation sites is 1. The molecule has 1 aliphatic rings. The zero-order valence-corrected chi connectivity index (χ0v) is 20.3. The highest BCUT2D eigenvalue weighted by molar-refractivity contribution is 7.92. The molecular formula is C25H25ClFN3O3S. The van der Waals surface area contributed by atoms with Gasteiger partial charge < -0.3 is 9.80 Å². The summed E-state index contributed by atoms with van der Waals surface area (Å²) in [5.41, 5.74) is 2.06. The second-order valence-electron chi connectivity index (χ2n) is 8.12. The van der Waals surface area contributed by atoms with Crippen LogP contribution in [0, 0.1) is 12.7 Å². The van der Waals surface area contributed by atoms with Gasteiger partial charge >= 0.3 is 0 Å². The van der Waals surface area contributed by atoms with Gasteiger partial charge in [0, 0.05) is 31.9 Å². The molecule has 178 valence electrons. The zero-order chi connectivity index (χ0) is 24.3. The number of nitrogens with zero attached hydrogens (tertiary/aromatic N) is 3. The number of amides is 1. The molecule has 0 saturated carbocycles. The molecule has 1 fully saturated rings. The minimum absolute atomic E-state index is 0.0898. The lowest BCUT2D eigenvalue weighted by atomic mass is 10.2. The van der Waals surface area contributed by atoms with Crippen molar-refractivity contribution in [3.05, 3.63) is 89.2 Å². The number of aryl methyl sites for hydroxylation is 1. The fourth-order valence-electron chi connectivity index (χ4n) is 3.88. The van der Waals surface area contributed by atoms with Gasteiger partial charge in [0.15, 0.2) is 0 Å². The Morgan fingerprint density at radius 1 is 0.941 bits per heavy atom. The maximum Gasteiger partial charge on any atom is 0.264 e. The summed E-state index contributed by atoms with van der Waals surface area (Å²) in [6.07, 6.45) is 0. The molecular weight excluding hydrogens is 477 g/mol. The number of benzene rings is 3. The first-order chi connectivity index (χ1) is 16.3. The third-order valence-electron chi connectivity index (χ3n) is 5.83. The highest BCUT2D eigenvalue weighted by Crippen LogP contribution is 2.30. The van der Waals surface area contributed by atoms with Crippen molar-refractivity contribution in [1.82, 2.24) is 4.90 Å². The summed E-state index contributed by atoms with van der Waals surface area (Å²) in [6, 6.07) is 19.3. The standard InChI is InChI=1S/C25H25ClFN3O3S/c1-19-6-12-22(13-7-19)34(32,33)30(24-5-3-2-4-23(24)26)18-25(31)29-16-14-28(15-17-29)21-10-8-20(27)9-11-21/h2-13H,14-18H2,1H3. The van der Waals surface area contributed by atoms with Crippen LogP contribution < -0.4 is 9.21 Å². The second kappa shape index (κ2) is 10.0. The Kier molecular flexibility index (Phi) is 7.09. The van der Waals surface area contributed by atoms with Crippen molar-refractivity contribution in [2.24, 2.45) is 0 Å². The molecule has 3 aromatic carbocycles. The number of piperazine rings is 1. The Hall–Kier alpha value is -3.10. The number of halogens is 2. The highest BCUT2D eigenvalue weighted by atomic mass is 35.5. The monoisotopic (exact) mass is 501 g/mol. The van der Waals surface area contributed by atoms with Gasteiger partial charge in [0.1, 0.15) is 12.4 Å². The molecule has 0 spiro atoms. The average Bonchev–Trinajstić information content (AvgIpc) is 2.84. The van der Waals surface area contributed by atoms with Crippen LogP contribution >= 0.6 is 11.6 Å². The quantitative estimate of drug-likeness (QED) is 0.504. The first kappa shape index (κ1) is 24.0. The van der Waals surface area contributed by atoms with Crippen LogP contribution in [0.5, 0.6) is 0 Å². The van der Waals surface area contributed by atoms with Crippen LogP contribution in [-0.2, 0) is 14.8 Å². The molecule has 0 unspecified atom stereocenters. The summed E-state index contributed by atoms with van der Waals surface area (Å²) in [5.74, 6) is -0.610. The molecule has 0 radical (unpaired) electrons. The summed E-state index contributed by atoms with van der Waals surface area (Å²) in [6.45, 7) is 3.49. The number of hydrogen-bond acceptors (Lipinski definition) is 4. The van der Waals surface area contributed by atoms with Crippen molar-refractivity contribution in [1.29, 1.82) is 0 Å². The summed E-state index contributed by atoms with van der Waals surface area (Å²) < 4.78 is 41.4. The molecule has 0 aromatic heterocycles. The maximum atomic E-state index is 13.5. The van der Waals surface area contributed by atoms with E-state index in [4.69, 9.17) is 11.6 Å². The Balaban J connectivity index is 1.54. The molecule has 1 heterocycles. The lowest BCUT2D eigenvalue weighted by Crippen LogP contribution is -2.52. The lowest BCUT2D eigenvalue weighted by molar-refractivity contribution is -0.129. The molecule has 6 nitrogen and oxygen atoms in total. The van der Waals surface area contributed by atoms with Gasteiger partial charge in [0.25, 0.3) is 10.0 Å². The molecule has 0 aliphatic carbocycles. The summed E-state index contributed by atoms with van der Waals surface area (Å²) >= 11 is 6.34. The first-order valence-electron chi connectivity index (χ1n) is 10.9. The van der Waals surface area contributed by atoms with Crippen LogP contribution in [0.25, 0.3) is 0 Å². The van der Waals surface area contributed by atoms with Gasteiger partial charge in [-0.2, -0.15) is 0 Å². The Morgan fingerprint density at radius 2 is 1.56 bits per heavy atom. The fourth-order valence-corrected chi connectivity index (χ4v) is 5.60. The van der Waals surface area contributed by atoms with Gasteiger partial charge in [-0.3, -0.25) is 9.10 Å². The van der Waals surface area contributed by atoms with Gasteiger partial charge in [-0.1, -0.05) is 41.4 Å². The van der Waals surface area contributed by atoms with E-state index in [1.807, 2.05) is 6.92 Å². The van der Waals surface area contributed by atoms with Crippen molar-refractivity contribution in [2.75, 3.05) is 41.9 Å². The van der Waals surface area contributed by atoms with Gasteiger partial charge in [0.2, 0.25) is 5.91 Å². The average molecular weight is 502 g/mol. The summed E-state index contributed by atoms with van der Waals surface area (Å²) in [4.78, 5) is 17.0. The molecule has 1 amide bonds. The molecule has 3 aromatic rings. The predicted molar refractivity (Wildman–Crippen MR) is 132 cm³/mol. The van der Waals surface area contributed by atoms with Gasteiger partial charge in [-0.05, 0) is 55.5 Å². The molecule has 1 saturated heterocycles. The van der Waals surface area contributed by atoms with E-state index in [9.17, 15) is 17.6 Å². The Morgan fingerprint density at radius 3 is 2.18 bits per heavy atom. The van der Waals surface area contributed by atoms with Crippen molar-refractivity contribution in [2.45, 2.75) is 11.8 Å². The molecule has 9 heteroatoms. The van der Waals surface area contributed by atoms with E-state index in [1.54, 1.807) is 53.4 Å². The highest BCUT2D eigenvalue weighted by Gasteiger charge is 2.31. The van der Waals surface area contributed by atoms with E-state index in [0.29, 0.717) is 26.2 Å². The molecule has 0 atom stereocenters. The molecule has 1 aliphatic heterocycles. The van der Waals surface area contributed by atoms with E-state index in [0.717, 1.165) is 15.6 Å². The number of carbonyl (C=O) groups is 1. The van der Waals surface area contributed by atoms with Crippen LogP contribution in [0.3, 0.4) is 0 Å². The minimum atomic E-state index is -4.03.